The molecule has 2 aromatic heterocycles. The molecule has 0 radical (unpaired) electrons. The quantitative estimate of drug-likeness (QED) is 0.780. The number of halogens is 1. The largest absolute Gasteiger partial charge is 0.475 e. The number of hydrogen-bond donors (Lipinski definition) is 1. The average Bonchev–Trinajstić information content (AvgIpc) is 3.05. The Morgan fingerprint density at radius 1 is 1.27 bits per heavy atom. The van der Waals surface area contributed by atoms with Crippen LogP contribution in [0.15, 0.2) is 6.20 Å². The predicted octanol–water partition coefficient (Wildman–Crippen LogP) is 3.35. The maximum atomic E-state index is 6.47. The van der Waals surface area contributed by atoms with Gasteiger partial charge < -0.3 is 24.4 Å². The van der Waals surface area contributed by atoms with E-state index < -0.39 is 0 Å². The summed E-state index contributed by atoms with van der Waals surface area (Å²) in [6.07, 6.45) is 4.31. The molecule has 0 amide bonds. The molecule has 4 heterocycles. The van der Waals surface area contributed by atoms with Gasteiger partial charge in [0.05, 0.1) is 31.1 Å². The third-order valence-electron chi connectivity index (χ3n) is 5.73. The Morgan fingerprint density at radius 3 is 2.83 bits per heavy atom. The van der Waals surface area contributed by atoms with Crippen LogP contribution < -0.4 is 15.0 Å². The molecule has 1 atom stereocenters. The van der Waals surface area contributed by atoms with Gasteiger partial charge in [-0.15, -0.1) is 5.10 Å². The topological polar surface area (TPSA) is 86.6 Å². The Kier molecular flexibility index (Phi) is 6.60. The first-order valence-corrected chi connectivity index (χ1v) is 10.8. The van der Waals surface area contributed by atoms with Gasteiger partial charge in [-0.05, 0) is 26.7 Å². The third-order valence-corrected chi connectivity index (χ3v) is 6.00. The molecule has 2 bridgehead atoms. The highest BCUT2D eigenvalue weighted by Gasteiger charge is 2.26. The van der Waals surface area contributed by atoms with E-state index in [1.807, 2.05) is 6.92 Å². The standard InChI is InChI=1S/C20H29ClN6O3/c1-13-4-10-30-19-17(14(2)27(25-19)15-5-8-29-9-6-15)23-20-22-12-16(21)18(24-20)26(13)7-11-28-3/h12-13,15H,4-11H2,1-3H3,(H,22,23,24)/t13-/m1/s1. The number of nitrogens with zero attached hydrogens (tertiary/aromatic N) is 5. The van der Waals surface area contributed by atoms with Gasteiger partial charge in [-0.3, -0.25) is 4.68 Å². The number of fused-ring (bicyclic) bond motifs is 3. The minimum absolute atomic E-state index is 0.153. The van der Waals surface area contributed by atoms with Gasteiger partial charge in [-0.2, -0.15) is 4.98 Å². The number of aromatic nitrogens is 4. The zero-order chi connectivity index (χ0) is 21.1. The molecule has 0 saturated carbocycles. The molecule has 0 unspecified atom stereocenters. The normalized spacial score (nSPS) is 20.1. The first kappa shape index (κ1) is 21.1. The molecule has 2 aromatic rings. The first-order chi connectivity index (χ1) is 14.6. The van der Waals surface area contributed by atoms with E-state index in [0.717, 1.165) is 43.9 Å². The van der Waals surface area contributed by atoms with Gasteiger partial charge in [0.25, 0.3) is 5.88 Å². The van der Waals surface area contributed by atoms with E-state index in [1.165, 1.54) is 0 Å². The molecule has 164 valence electrons. The van der Waals surface area contributed by atoms with Gasteiger partial charge in [0, 0.05) is 39.3 Å². The molecule has 1 N–H and O–H groups in total. The van der Waals surface area contributed by atoms with Crippen molar-refractivity contribution in [1.29, 1.82) is 0 Å². The lowest BCUT2D eigenvalue weighted by molar-refractivity contribution is 0.0652. The molecule has 0 aromatic carbocycles. The van der Waals surface area contributed by atoms with Crippen LogP contribution in [0.3, 0.4) is 0 Å². The van der Waals surface area contributed by atoms with E-state index in [4.69, 9.17) is 35.9 Å². The van der Waals surface area contributed by atoms with Crippen LogP contribution in [-0.4, -0.2) is 65.9 Å². The molecule has 1 saturated heterocycles. The number of nitrogens with one attached hydrogen (secondary N) is 1. The summed E-state index contributed by atoms with van der Waals surface area (Å²) in [7, 11) is 1.69. The van der Waals surface area contributed by atoms with Crippen molar-refractivity contribution in [3.63, 3.8) is 0 Å². The Morgan fingerprint density at radius 2 is 2.07 bits per heavy atom. The lowest BCUT2D eigenvalue weighted by Crippen LogP contribution is -2.37. The smallest absolute Gasteiger partial charge is 0.257 e. The van der Waals surface area contributed by atoms with Gasteiger partial charge in [0.1, 0.15) is 10.7 Å². The molecule has 4 rings (SSSR count). The lowest BCUT2D eigenvalue weighted by Gasteiger charge is -2.30. The molecule has 30 heavy (non-hydrogen) atoms. The highest BCUT2D eigenvalue weighted by atomic mass is 35.5. The number of ether oxygens (including phenoxy) is 3. The van der Waals surface area contributed by atoms with Gasteiger partial charge in [0.2, 0.25) is 5.95 Å². The van der Waals surface area contributed by atoms with E-state index in [-0.39, 0.29) is 6.04 Å². The third kappa shape index (κ3) is 4.33. The monoisotopic (exact) mass is 436 g/mol. The summed E-state index contributed by atoms with van der Waals surface area (Å²) in [6, 6.07) is 0.454. The highest BCUT2D eigenvalue weighted by Crippen LogP contribution is 2.36. The molecular weight excluding hydrogens is 408 g/mol. The second-order valence-corrected chi connectivity index (χ2v) is 8.12. The summed E-state index contributed by atoms with van der Waals surface area (Å²) in [6.45, 7) is 7.46. The fourth-order valence-corrected chi connectivity index (χ4v) is 4.16. The Bertz CT molecular complexity index is 870. The molecule has 0 spiro atoms. The van der Waals surface area contributed by atoms with E-state index in [1.54, 1.807) is 13.3 Å². The van der Waals surface area contributed by atoms with E-state index in [0.29, 0.717) is 48.5 Å². The van der Waals surface area contributed by atoms with Crippen molar-refractivity contribution in [2.75, 3.05) is 50.3 Å². The van der Waals surface area contributed by atoms with Crippen LogP contribution >= 0.6 is 11.6 Å². The lowest BCUT2D eigenvalue weighted by atomic mass is 10.1. The SMILES string of the molecule is COCCN1c2nc(ncc2Cl)Nc2c(nn(C3CCOCC3)c2C)OCC[C@H]1C. The Balaban J connectivity index is 1.70. The molecule has 2 aliphatic heterocycles. The zero-order valence-electron chi connectivity index (χ0n) is 17.7. The van der Waals surface area contributed by atoms with Gasteiger partial charge in [0.15, 0.2) is 5.82 Å². The number of methoxy groups -OCH3 is 1. The fourth-order valence-electron chi connectivity index (χ4n) is 3.96. The summed E-state index contributed by atoms with van der Waals surface area (Å²) < 4.78 is 19.0. The molecular formula is C20H29ClN6O3. The van der Waals surface area contributed by atoms with Crippen molar-refractivity contribution in [3.05, 3.63) is 16.9 Å². The van der Waals surface area contributed by atoms with Crippen molar-refractivity contribution < 1.29 is 14.2 Å². The van der Waals surface area contributed by atoms with Crippen LogP contribution in [-0.2, 0) is 9.47 Å². The maximum Gasteiger partial charge on any atom is 0.257 e. The zero-order valence-corrected chi connectivity index (χ0v) is 18.5. The molecule has 10 heteroatoms. The van der Waals surface area contributed by atoms with Crippen molar-refractivity contribution in [1.82, 2.24) is 19.7 Å². The van der Waals surface area contributed by atoms with Crippen molar-refractivity contribution in [2.24, 2.45) is 0 Å². The fraction of sp³-hybridized carbons (Fsp3) is 0.650. The number of anilines is 3. The van der Waals surface area contributed by atoms with E-state index in [9.17, 15) is 0 Å². The van der Waals surface area contributed by atoms with Crippen molar-refractivity contribution in [2.45, 2.75) is 45.2 Å². The van der Waals surface area contributed by atoms with Crippen LogP contribution in [0.1, 0.15) is 37.9 Å². The summed E-state index contributed by atoms with van der Waals surface area (Å²) in [4.78, 5) is 11.3. The predicted molar refractivity (Wildman–Crippen MR) is 115 cm³/mol. The molecule has 1 fully saturated rings. The minimum atomic E-state index is 0.153. The van der Waals surface area contributed by atoms with E-state index >= 15 is 0 Å². The van der Waals surface area contributed by atoms with E-state index in [2.05, 4.69) is 26.8 Å². The summed E-state index contributed by atoms with van der Waals surface area (Å²) in [5, 5.41) is 8.63. The summed E-state index contributed by atoms with van der Waals surface area (Å²) in [5.41, 5.74) is 1.80. The van der Waals surface area contributed by atoms with Gasteiger partial charge >= 0.3 is 0 Å². The first-order valence-electron chi connectivity index (χ1n) is 10.4. The summed E-state index contributed by atoms with van der Waals surface area (Å²) >= 11 is 6.47. The van der Waals surface area contributed by atoms with Gasteiger partial charge in [-0.25, -0.2) is 4.98 Å². The Labute approximate surface area is 181 Å². The van der Waals surface area contributed by atoms with Crippen molar-refractivity contribution >= 4 is 29.1 Å². The number of hydrogen-bond acceptors (Lipinski definition) is 8. The molecule has 0 aliphatic carbocycles. The average molecular weight is 437 g/mol. The maximum absolute atomic E-state index is 6.47. The second kappa shape index (κ2) is 9.36. The van der Waals surface area contributed by atoms with Crippen LogP contribution in [0.4, 0.5) is 17.5 Å². The van der Waals surface area contributed by atoms with Crippen LogP contribution in [0, 0.1) is 6.92 Å². The summed E-state index contributed by atoms with van der Waals surface area (Å²) in [5.74, 6) is 1.73. The van der Waals surface area contributed by atoms with Gasteiger partial charge in [-0.1, -0.05) is 11.6 Å². The highest BCUT2D eigenvalue weighted by molar-refractivity contribution is 6.32. The minimum Gasteiger partial charge on any atom is -0.475 e. The Hall–Kier alpha value is -2.10. The van der Waals surface area contributed by atoms with Crippen LogP contribution in [0.25, 0.3) is 0 Å². The van der Waals surface area contributed by atoms with Crippen LogP contribution in [0.5, 0.6) is 5.88 Å². The van der Waals surface area contributed by atoms with Crippen molar-refractivity contribution in [3.8, 4) is 5.88 Å². The number of rotatable bonds is 4. The van der Waals surface area contributed by atoms with Crippen LogP contribution in [0.2, 0.25) is 5.02 Å². The second-order valence-electron chi connectivity index (χ2n) is 7.72. The molecule has 9 nitrogen and oxygen atoms in total. The molecule has 2 aliphatic rings.